The van der Waals surface area contributed by atoms with E-state index in [0.29, 0.717) is 39.4 Å². The SMILES string of the molecule is CCN(CC)C(=O)C1=C(C)N=c2s/c(=C/c3cccnc3)c(=O)n2[C@@H]1c1c(OC)ccc2ccccc12. The molecule has 3 heterocycles. The number of allylic oxidation sites excluding steroid dienone is 1. The van der Waals surface area contributed by atoms with E-state index in [1.54, 1.807) is 29.0 Å². The largest absolute Gasteiger partial charge is 0.496 e. The van der Waals surface area contributed by atoms with Crippen LogP contribution in [0.2, 0.25) is 0 Å². The molecule has 2 aromatic carbocycles. The molecule has 5 rings (SSSR count). The van der Waals surface area contributed by atoms with Crippen molar-refractivity contribution in [3.05, 3.63) is 103 Å². The van der Waals surface area contributed by atoms with Gasteiger partial charge in [-0.25, -0.2) is 4.99 Å². The summed E-state index contributed by atoms with van der Waals surface area (Å²) < 4.78 is 8.02. The third-order valence-corrected chi connectivity index (χ3v) is 7.69. The van der Waals surface area contributed by atoms with Crippen molar-refractivity contribution in [2.45, 2.75) is 26.8 Å². The molecule has 0 N–H and O–H groups in total. The summed E-state index contributed by atoms with van der Waals surface area (Å²) in [4.78, 5) is 39.2. The first-order valence-electron chi connectivity index (χ1n) is 12.3. The summed E-state index contributed by atoms with van der Waals surface area (Å²) >= 11 is 1.31. The standard InChI is InChI=1S/C29H28N4O3S/c1-5-32(6-2)28(35)24-18(3)31-29-33(27(34)23(37-29)16-19-10-9-15-30-17-19)26(24)25-21-12-8-7-11-20(21)13-14-22(25)36-4/h7-17,26H,5-6H2,1-4H3/b23-16+/t26-/m0/s1. The molecule has 188 valence electrons. The van der Waals surface area contributed by atoms with Gasteiger partial charge in [0.1, 0.15) is 11.8 Å². The molecule has 37 heavy (non-hydrogen) atoms. The zero-order valence-corrected chi connectivity index (χ0v) is 22.1. The summed E-state index contributed by atoms with van der Waals surface area (Å²) in [6, 6.07) is 14.9. The van der Waals surface area contributed by atoms with Gasteiger partial charge in [-0.05, 0) is 55.3 Å². The van der Waals surface area contributed by atoms with Gasteiger partial charge in [0.2, 0.25) is 0 Å². The number of methoxy groups -OCH3 is 1. The van der Waals surface area contributed by atoms with Gasteiger partial charge in [-0.3, -0.25) is 19.1 Å². The topological polar surface area (TPSA) is 76.8 Å². The van der Waals surface area contributed by atoms with Crippen molar-refractivity contribution in [2.75, 3.05) is 20.2 Å². The maximum absolute atomic E-state index is 14.0. The molecule has 0 unspecified atom stereocenters. The van der Waals surface area contributed by atoms with Crippen LogP contribution < -0.4 is 19.6 Å². The second kappa shape index (κ2) is 10.1. The number of carbonyl (C=O) groups is 1. The average Bonchev–Trinajstić information content (AvgIpc) is 3.22. The fourth-order valence-corrected chi connectivity index (χ4v) is 5.94. The van der Waals surface area contributed by atoms with Crippen LogP contribution in [0.5, 0.6) is 5.75 Å². The monoisotopic (exact) mass is 512 g/mol. The van der Waals surface area contributed by atoms with Gasteiger partial charge < -0.3 is 9.64 Å². The number of benzene rings is 2. The maximum atomic E-state index is 14.0. The van der Waals surface area contributed by atoms with Crippen LogP contribution in [0, 0.1) is 0 Å². The van der Waals surface area contributed by atoms with Crippen LogP contribution in [0.4, 0.5) is 0 Å². The van der Waals surface area contributed by atoms with Gasteiger partial charge >= 0.3 is 0 Å². The Morgan fingerprint density at radius 1 is 1.14 bits per heavy atom. The van der Waals surface area contributed by atoms with E-state index in [0.717, 1.165) is 21.9 Å². The van der Waals surface area contributed by atoms with Crippen molar-refractivity contribution >= 4 is 34.1 Å². The van der Waals surface area contributed by atoms with Crippen LogP contribution in [0.15, 0.2) is 82.0 Å². The Balaban J connectivity index is 1.87. The summed E-state index contributed by atoms with van der Waals surface area (Å²) in [5.41, 5.74) is 2.48. The highest BCUT2D eigenvalue weighted by Gasteiger charge is 2.36. The Bertz CT molecular complexity index is 1700. The average molecular weight is 513 g/mol. The van der Waals surface area contributed by atoms with E-state index < -0.39 is 6.04 Å². The highest BCUT2D eigenvalue weighted by Crippen LogP contribution is 2.40. The molecular weight excluding hydrogens is 484 g/mol. The molecule has 1 aliphatic heterocycles. The highest BCUT2D eigenvalue weighted by atomic mass is 32.1. The summed E-state index contributed by atoms with van der Waals surface area (Å²) in [6.45, 7) is 6.86. The van der Waals surface area contributed by atoms with Crippen LogP contribution in [-0.4, -0.2) is 40.6 Å². The summed E-state index contributed by atoms with van der Waals surface area (Å²) in [5, 5.41) is 1.92. The van der Waals surface area contributed by atoms with Crippen LogP contribution in [0.1, 0.15) is 37.9 Å². The molecular formula is C29H28N4O3S. The minimum Gasteiger partial charge on any atom is -0.496 e. The first-order chi connectivity index (χ1) is 18.0. The molecule has 0 fully saturated rings. The highest BCUT2D eigenvalue weighted by molar-refractivity contribution is 7.07. The molecule has 0 saturated heterocycles. The first-order valence-corrected chi connectivity index (χ1v) is 13.1. The molecule has 0 saturated carbocycles. The lowest BCUT2D eigenvalue weighted by Crippen LogP contribution is -2.43. The van der Waals surface area contributed by atoms with Gasteiger partial charge in [0.05, 0.1) is 22.9 Å². The maximum Gasteiger partial charge on any atom is 0.271 e. The number of thiazole rings is 1. The Hall–Kier alpha value is -4.04. The van der Waals surface area contributed by atoms with Crippen LogP contribution >= 0.6 is 11.3 Å². The Labute approximate surface area is 218 Å². The zero-order valence-electron chi connectivity index (χ0n) is 21.3. The van der Waals surface area contributed by atoms with Crippen molar-refractivity contribution in [3.63, 3.8) is 0 Å². The molecule has 1 amide bonds. The summed E-state index contributed by atoms with van der Waals surface area (Å²) in [5.74, 6) is 0.484. The number of ether oxygens (including phenoxy) is 1. The number of fused-ring (bicyclic) bond motifs is 2. The number of nitrogens with zero attached hydrogens (tertiary/aromatic N) is 4. The fourth-order valence-electron chi connectivity index (χ4n) is 4.90. The summed E-state index contributed by atoms with van der Waals surface area (Å²) in [6.07, 6.45) is 5.23. The number of rotatable bonds is 6. The van der Waals surface area contributed by atoms with Gasteiger partial charge in [-0.15, -0.1) is 0 Å². The molecule has 4 aromatic rings. The molecule has 8 heteroatoms. The molecule has 0 aliphatic carbocycles. The predicted octanol–water partition coefficient (Wildman–Crippen LogP) is 3.66. The number of hydrogen-bond acceptors (Lipinski definition) is 6. The van der Waals surface area contributed by atoms with Crippen molar-refractivity contribution in [1.82, 2.24) is 14.5 Å². The van der Waals surface area contributed by atoms with E-state index in [-0.39, 0.29) is 11.5 Å². The quantitative estimate of drug-likeness (QED) is 0.395. The van der Waals surface area contributed by atoms with Gasteiger partial charge in [0.15, 0.2) is 4.80 Å². The lowest BCUT2D eigenvalue weighted by atomic mass is 9.90. The molecule has 0 radical (unpaired) electrons. The second-order valence-corrected chi connectivity index (χ2v) is 9.76. The predicted molar refractivity (Wildman–Crippen MR) is 146 cm³/mol. The minimum absolute atomic E-state index is 0.132. The number of pyridine rings is 1. The Morgan fingerprint density at radius 3 is 2.62 bits per heavy atom. The molecule has 2 aromatic heterocycles. The third-order valence-electron chi connectivity index (χ3n) is 6.71. The fraction of sp³-hybridized carbons (Fsp3) is 0.241. The van der Waals surface area contributed by atoms with Crippen molar-refractivity contribution in [1.29, 1.82) is 0 Å². The van der Waals surface area contributed by atoms with E-state index in [4.69, 9.17) is 9.73 Å². The third kappa shape index (κ3) is 4.27. The normalized spacial score (nSPS) is 15.5. The summed E-state index contributed by atoms with van der Waals surface area (Å²) in [7, 11) is 1.61. The number of likely N-dealkylation sites (N-methyl/N-ethyl adjacent to an activating group) is 1. The second-order valence-electron chi connectivity index (χ2n) is 8.75. The van der Waals surface area contributed by atoms with Crippen LogP contribution in [0.25, 0.3) is 16.8 Å². The van der Waals surface area contributed by atoms with Crippen LogP contribution in [0.3, 0.4) is 0 Å². The zero-order chi connectivity index (χ0) is 26.1. The van der Waals surface area contributed by atoms with Crippen molar-refractivity contribution < 1.29 is 9.53 Å². The number of carbonyl (C=O) groups excluding carboxylic acids is 1. The Kier molecular flexibility index (Phi) is 6.76. The van der Waals surface area contributed by atoms with Gasteiger partial charge in [-0.1, -0.05) is 47.7 Å². The van der Waals surface area contributed by atoms with E-state index >= 15 is 0 Å². The minimum atomic E-state index is -0.693. The van der Waals surface area contributed by atoms with Gasteiger partial charge in [0, 0.05) is 31.0 Å². The molecule has 0 spiro atoms. The lowest BCUT2D eigenvalue weighted by molar-refractivity contribution is -0.127. The van der Waals surface area contributed by atoms with E-state index in [1.165, 1.54) is 11.3 Å². The van der Waals surface area contributed by atoms with E-state index in [2.05, 4.69) is 4.98 Å². The smallest absolute Gasteiger partial charge is 0.271 e. The number of amides is 1. The lowest BCUT2D eigenvalue weighted by Gasteiger charge is -2.30. The molecule has 1 aliphatic rings. The molecule has 1 atom stereocenters. The van der Waals surface area contributed by atoms with E-state index in [9.17, 15) is 9.59 Å². The number of aromatic nitrogens is 2. The molecule has 0 bridgehead atoms. The van der Waals surface area contributed by atoms with E-state index in [1.807, 2.05) is 75.4 Å². The van der Waals surface area contributed by atoms with Gasteiger partial charge in [-0.2, -0.15) is 0 Å². The van der Waals surface area contributed by atoms with Crippen molar-refractivity contribution in [2.24, 2.45) is 4.99 Å². The first kappa shape index (κ1) is 24.6. The van der Waals surface area contributed by atoms with Crippen LogP contribution in [-0.2, 0) is 4.79 Å². The Morgan fingerprint density at radius 2 is 1.92 bits per heavy atom. The molecule has 7 nitrogen and oxygen atoms in total. The number of hydrogen-bond donors (Lipinski definition) is 0. The van der Waals surface area contributed by atoms with Gasteiger partial charge in [0.25, 0.3) is 11.5 Å². The van der Waals surface area contributed by atoms with Crippen molar-refractivity contribution in [3.8, 4) is 5.75 Å².